The highest BCUT2D eigenvalue weighted by Gasteiger charge is 2.11. The van der Waals surface area contributed by atoms with Crippen LogP contribution in [0.1, 0.15) is 10.8 Å². The van der Waals surface area contributed by atoms with Gasteiger partial charge in [-0.1, -0.05) is 11.3 Å². The molecule has 0 aromatic carbocycles. The monoisotopic (exact) mass is 265 g/mol. The standard InChI is InChI=1S/C9H11N7OS/c1-17-5-7-12-13-9-16(7)14-8(18-9)4-15-3-6(10)2-11-15/h2-3H,4-5,10H2,1H3. The van der Waals surface area contributed by atoms with Gasteiger partial charge in [0.05, 0.1) is 18.4 Å². The first-order valence-corrected chi connectivity index (χ1v) is 6.05. The van der Waals surface area contributed by atoms with E-state index in [2.05, 4.69) is 20.4 Å². The highest BCUT2D eigenvalue weighted by molar-refractivity contribution is 7.16. The van der Waals surface area contributed by atoms with Crippen LogP contribution in [0.4, 0.5) is 5.69 Å². The van der Waals surface area contributed by atoms with Gasteiger partial charge in [0.25, 0.3) is 0 Å². The van der Waals surface area contributed by atoms with Gasteiger partial charge in [0.2, 0.25) is 4.96 Å². The lowest BCUT2D eigenvalue weighted by Crippen LogP contribution is -2.02. The van der Waals surface area contributed by atoms with E-state index in [4.69, 9.17) is 10.5 Å². The number of methoxy groups -OCH3 is 1. The molecule has 0 spiro atoms. The maximum Gasteiger partial charge on any atom is 0.234 e. The van der Waals surface area contributed by atoms with Crippen molar-refractivity contribution >= 4 is 22.0 Å². The molecule has 2 N–H and O–H groups in total. The Labute approximate surface area is 106 Å². The first kappa shape index (κ1) is 11.1. The second-order valence-electron chi connectivity index (χ2n) is 3.71. The normalized spacial score (nSPS) is 11.4. The Hall–Kier alpha value is -2.00. The summed E-state index contributed by atoms with van der Waals surface area (Å²) >= 11 is 1.47. The molecule has 0 saturated carbocycles. The molecule has 0 atom stereocenters. The number of hydrogen-bond donors (Lipinski definition) is 1. The van der Waals surface area contributed by atoms with E-state index in [0.717, 1.165) is 9.97 Å². The summed E-state index contributed by atoms with van der Waals surface area (Å²) in [5.41, 5.74) is 6.24. The lowest BCUT2D eigenvalue weighted by molar-refractivity contribution is 0.176. The number of hydrogen-bond acceptors (Lipinski definition) is 7. The molecule has 3 heterocycles. The van der Waals surface area contributed by atoms with Crippen LogP contribution >= 0.6 is 11.3 Å². The Kier molecular flexibility index (Phi) is 2.68. The van der Waals surface area contributed by atoms with E-state index in [1.54, 1.807) is 28.7 Å². The molecule has 3 rings (SSSR count). The van der Waals surface area contributed by atoms with Crippen LogP contribution in [0.2, 0.25) is 0 Å². The van der Waals surface area contributed by atoms with Crippen molar-refractivity contribution < 1.29 is 4.74 Å². The molecule has 0 aliphatic rings. The predicted octanol–water partition coefficient (Wildman–Crippen LogP) is 0.159. The van der Waals surface area contributed by atoms with Crippen molar-refractivity contribution in [2.75, 3.05) is 12.8 Å². The Morgan fingerprint density at radius 2 is 2.33 bits per heavy atom. The molecular weight excluding hydrogens is 254 g/mol. The second kappa shape index (κ2) is 4.35. The molecule has 94 valence electrons. The molecule has 8 nitrogen and oxygen atoms in total. The first-order valence-electron chi connectivity index (χ1n) is 5.23. The van der Waals surface area contributed by atoms with Crippen molar-refractivity contribution in [2.24, 2.45) is 0 Å². The summed E-state index contributed by atoms with van der Waals surface area (Å²) in [4.78, 5) is 0.747. The van der Waals surface area contributed by atoms with Crippen molar-refractivity contribution in [3.8, 4) is 0 Å². The zero-order valence-electron chi connectivity index (χ0n) is 9.65. The lowest BCUT2D eigenvalue weighted by atomic mass is 10.6. The third-order valence-electron chi connectivity index (χ3n) is 2.32. The highest BCUT2D eigenvalue weighted by Crippen LogP contribution is 2.15. The average molecular weight is 265 g/mol. The number of nitrogens with two attached hydrogens (primary N) is 1. The molecule has 3 aromatic heterocycles. The molecule has 0 saturated heterocycles. The van der Waals surface area contributed by atoms with Crippen LogP contribution < -0.4 is 5.73 Å². The number of aromatic nitrogens is 6. The van der Waals surface area contributed by atoms with Crippen LogP contribution in [0, 0.1) is 0 Å². The molecule has 0 amide bonds. The fourth-order valence-electron chi connectivity index (χ4n) is 1.58. The van der Waals surface area contributed by atoms with Crippen molar-refractivity contribution in [3.05, 3.63) is 23.2 Å². The minimum absolute atomic E-state index is 0.388. The molecular formula is C9H11N7OS. The summed E-state index contributed by atoms with van der Waals surface area (Å²) < 4.78 is 8.46. The predicted molar refractivity (Wildman–Crippen MR) is 65.1 cm³/mol. The van der Waals surface area contributed by atoms with E-state index in [1.165, 1.54) is 11.3 Å². The topological polar surface area (TPSA) is 96.2 Å². The van der Waals surface area contributed by atoms with Gasteiger partial charge in [-0.3, -0.25) is 4.68 Å². The van der Waals surface area contributed by atoms with E-state index < -0.39 is 0 Å². The van der Waals surface area contributed by atoms with Crippen molar-refractivity contribution in [2.45, 2.75) is 13.2 Å². The van der Waals surface area contributed by atoms with Crippen LogP contribution in [0.15, 0.2) is 12.4 Å². The van der Waals surface area contributed by atoms with E-state index in [9.17, 15) is 0 Å². The molecule has 0 unspecified atom stereocenters. The minimum Gasteiger partial charge on any atom is -0.396 e. The zero-order valence-corrected chi connectivity index (χ0v) is 10.5. The summed E-state index contributed by atoms with van der Waals surface area (Å²) in [6.07, 6.45) is 3.37. The third-order valence-corrected chi connectivity index (χ3v) is 3.20. The molecule has 0 fully saturated rings. The van der Waals surface area contributed by atoms with Gasteiger partial charge in [0, 0.05) is 13.3 Å². The second-order valence-corrected chi connectivity index (χ2v) is 4.75. The van der Waals surface area contributed by atoms with E-state index in [1.807, 2.05) is 0 Å². The Balaban J connectivity index is 1.89. The summed E-state index contributed by atoms with van der Waals surface area (Å²) in [6, 6.07) is 0. The van der Waals surface area contributed by atoms with Crippen molar-refractivity contribution in [3.63, 3.8) is 0 Å². The minimum atomic E-state index is 0.388. The maximum absolute atomic E-state index is 5.61. The van der Waals surface area contributed by atoms with Gasteiger partial charge in [-0.05, 0) is 0 Å². The fourth-order valence-corrected chi connectivity index (χ4v) is 2.43. The SMILES string of the molecule is COCc1nnc2sc(Cn3cc(N)cn3)nn12. The maximum atomic E-state index is 5.61. The van der Waals surface area contributed by atoms with E-state index in [0.29, 0.717) is 24.7 Å². The molecule has 0 bridgehead atoms. The summed E-state index contributed by atoms with van der Waals surface area (Å²) in [6.45, 7) is 0.955. The molecule has 3 aromatic rings. The van der Waals surface area contributed by atoms with Gasteiger partial charge in [-0.25, -0.2) is 0 Å². The van der Waals surface area contributed by atoms with Crippen molar-refractivity contribution in [1.29, 1.82) is 0 Å². The quantitative estimate of drug-likeness (QED) is 0.721. The van der Waals surface area contributed by atoms with E-state index in [-0.39, 0.29) is 0 Å². The van der Waals surface area contributed by atoms with E-state index >= 15 is 0 Å². The van der Waals surface area contributed by atoms with Crippen molar-refractivity contribution in [1.82, 2.24) is 29.6 Å². The molecule has 0 radical (unpaired) electrons. The van der Waals surface area contributed by atoms with Gasteiger partial charge in [0.1, 0.15) is 11.6 Å². The average Bonchev–Trinajstić information content (AvgIpc) is 2.99. The number of nitrogen functional groups attached to an aromatic ring is 1. The molecule has 0 aliphatic heterocycles. The number of rotatable bonds is 4. The van der Waals surface area contributed by atoms with Gasteiger partial charge in [-0.15, -0.1) is 10.2 Å². The van der Waals surface area contributed by atoms with Crippen LogP contribution in [0.5, 0.6) is 0 Å². The summed E-state index contributed by atoms with van der Waals surface area (Å²) in [7, 11) is 1.61. The molecule has 0 aliphatic carbocycles. The number of anilines is 1. The number of ether oxygens (including phenoxy) is 1. The molecule has 9 heteroatoms. The van der Waals surface area contributed by atoms with Gasteiger partial charge in [0.15, 0.2) is 5.82 Å². The fraction of sp³-hybridized carbons (Fsp3) is 0.333. The third kappa shape index (κ3) is 1.93. The van der Waals surface area contributed by atoms with Crippen LogP contribution in [-0.4, -0.2) is 36.7 Å². The highest BCUT2D eigenvalue weighted by atomic mass is 32.1. The first-order chi connectivity index (χ1) is 8.76. The Morgan fingerprint density at radius 3 is 3.06 bits per heavy atom. The lowest BCUT2D eigenvalue weighted by Gasteiger charge is -1.95. The summed E-state index contributed by atoms with van der Waals surface area (Å²) in [5.74, 6) is 0.690. The zero-order chi connectivity index (χ0) is 12.5. The van der Waals surface area contributed by atoms with Gasteiger partial charge < -0.3 is 10.5 Å². The number of fused-ring (bicyclic) bond motifs is 1. The van der Waals surface area contributed by atoms with Crippen LogP contribution in [0.25, 0.3) is 4.96 Å². The Bertz CT molecular complexity index is 669. The smallest absolute Gasteiger partial charge is 0.234 e. The number of nitrogens with zero attached hydrogens (tertiary/aromatic N) is 6. The summed E-state index contributed by atoms with van der Waals surface area (Å²) in [5, 5.41) is 17.5. The largest absolute Gasteiger partial charge is 0.396 e. The van der Waals surface area contributed by atoms with Gasteiger partial charge >= 0.3 is 0 Å². The van der Waals surface area contributed by atoms with Crippen LogP contribution in [-0.2, 0) is 17.9 Å². The Morgan fingerprint density at radius 1 is 1.44 bits per heavy atom. The van der Waals surface area contributed by atoms with Gasteiger partial charge in [-0.2, -0.15) is 14.7 Å². The molecule has 18 heavy (non-hydrogen) atoms. The van der Waals surface area contributed by atoms with Crippen LogP contribution in [0.3, 0.4) is 0 Å².